The quantitative estimate of drug-likeness (QED) is 0.888. The number of fused-ring (bicyclic) bond motifs is 1. The van der Waals surface area contributed by atoms with Gasteiger partial charge in [-0.15, -0.1) is 0 Å². The number of hydrogen-bond donors (Lipinski definition) is 1. The van der Waals surface area contributed by atoms with Crippen molar-refractivity contribution in [3.8, 4) is 0 Å². The van der Waals surface area contributed by atoms with Gasteiger partial charge in [0.1, 0.15) is 5.82 Å². The van der Waals surface area contributed by atoms with Gasteiger partial charge in [-0.25, -0.2) is 4.98 Å². The maximum atomic E-state index is 5.43. The minimum absolute atomic E-state index is 0.254. The Morgan fingerprint density at radius 2 is 2.04 bits per heavy atom. The van der Waals surface area contributed by atoms with Crippen LogP contribution < -0.4 is 5.32 Å². The molecule has 0 saturated carbocycles. The predicted octanol–water partition coefficient (Wildman–Crippen LogP) is 2.33. The number of aryl methyl sites for hydroxylation is 1. The van der Waals surface area contributed by atoms with Crippen LogP contribution in [0.3, 0.4) is 0 Å². The normalized spacial score (nSPS) is 18.6. The number of hydrogen-bond acceptors (Lipinski definition) is 4. The van der Waals surface area contributed by atoms with Crippen molar-refractivity contribution in [1.29, 1.82) is 0 Å². The fourth-order valence-electron chi connectivity index (χ4n) is 3.45. The van der Waals surface area contributed by atoms with Crippen LogP contribution in [0.5, 0.6) is 0 Å². The van der Waals surface area contributed by atoms with E-state index in [1.807, 2.05) is 13.2 Å². The highest BCUT2D eigenvalue weighted by Gasteiger charge is 2.19. The number of methoxy groups -OCH3 is 1. The Hall–Kier alpha value is -1.43. The van der Waals surface area contributed by atoms with Crippen molar-refractivity contribution in [1.82, 2.24) is 19.8 Å². The van der Waals surface area contributed by atoms with Crippen molar-refractivity contribution in [2.75, 3.05) is 33.3 Å². The van der Waals surface area contributed by atoms with Crippen molar-refractivity contribution in [3.05, 3.63) is 30.1 Å². The summed E-state index contributed by atoms with van der Waals surface area (Å²) >= 11 is 0. The molecule has 3 rings (SSSR count). The monoisotopic (exact) mass is 316 g/mol. The zero-order chi connectivity index (χ0) is 16.2. The lowest BCUT2D eigenvalue weighted by Crippen LogP contribution is -2.40. The van der Waals surface area contributed by atoms with Crippen LogP contribution in [0.1, 0.15) is 31.6 Å². The molecule has 1 aliphatic rings. The Balaban J connectivity index is 1.51. The molecule has 1 fully saturated rings. The van der Waals surface area contributed by atoms with Crippen LogP contribution in [0, 0.1) is 0 Å². The zero-order valence-electron chi connectivity index (χ0n) is 14.5. The van der Waals surface area contributed by atoms with Crippen LogP contribution in [0.4, 0.5) is 0 Å². The smallest absolute Gasteiger partial charge is 0.126 e. The lowest BCUT2D eigenvalue weighted by Gasteiger charge is -2.31. The molecule has 126 valence electrons. The molecule has 0 aliphatic carbocycles. The third kappa shape index (κ3) is 3.74. The summed E-state index contributed by atoms with van der Waals surface area (Å²) in [4.78, 5) is 7.29. The van der Waals surface area contributed by atoms with Gasteiger partial charge in [0.05, 0.1) is 23.2 Å². The molecule has 23 heavy (non-hydrogen) atoms. The number of imidazole rings is 1. The van der Waals surface area contributed by atoms with E-state index in [2.05, 4.69) is 47.0 Å². The van der Waals surface area contributed by atoms with Crippen molar-refractivity contribution < 1.29 is 4.74 Å². The maximum Gasteiger partial charge on any atom is 0.126 e. The number of ether oxygens (including phenoxy) is 1. The van der Waals surface area contributed by atoms with Crippen molar-refractivity contribution in [2.45, 2.75) is 31.9 Å². The summed E-state index contributed by atoms with van der Waals surface area (Å²) in [5, 5.41) is 3.62. The van der Waals surface area contributed by atoms with Crippen LogP contribution >= 0.6 is 0 Å². The first-order valence-corrected chi connectivity index (χ1v) is 8.59. The Morgan fingerprint density at radius 3 is 2.74 bits per heavy atom. The van der Waals surface area contributed by atoms with E-state index in [1.165, 1.54) is 5.52 Å². The van der Waals surface area contributed by atoms with Gasteiger partial charge in [-0.1, -0.05) is 12.1 Å². The molecule has 0 unspecified atom stereocenters. The summed E-state index contributed by atoms with van der Waals surface area (Å²) < 4.78 is 7.62. The molecule has 0 bridgehead atoms. The van der Waals surface area contributed by atoms with Gasteiger partial charge in [-0.2, -0.15) is 0 Å². The Labute approximate surface area is 138 Å². The molecule has 1 aliphatic heterocycles. The second-order valence-electron chi connectivity index (χ2n) is 6.47. The summed E-state index contributed by atoms with van der Waals surface area (Å²) in [6.45, 7) is 6.55. The number of nitrogens with one attached hydrogen (secondary N) is 1. The SMILES string of the molecule is COC1CCN(CCN[C@@H](C)c2nc3ccccc3n2C)CC1. The third-order valence-electron chi connectivity index (χ3n) is 4.96. The van der Waals surface area contributed by atoms with E-state index in [0.717, 1.165) is 50.4 Å². The minimum Gasteiger partial charge on any atom is -0.381 e. The second-order valence-corrected chi connectivity index (χ2v) is 6.47. The molecule has 2 heterocycles. The summed E-state index contributed by atoms with van der Waals surface area (Å²) in [6.07, 6.45) is 2.76. The third-order valence-corrected chi connectivity index (χ3v) is 4.96. The maximum absolute atomic E-state index is 5.43. The molecule has 0 radical (unpaired) electrons. The summed E-state index contributed by atoms with van der Waals surface area (Å²) in [6, 6.07) is 8.56. The van der Waals surface area contributed by atoms with Crippen LogP contribution in [0.15, 0.2) is 24.3 Å². The zero-order valence-corrected chi connectivity index (χ0v) is 14.5. The highest BCUT2D eigenvalue weighted by Crippen LogP contribution is 2.19. The van der Waals surface area contributed by atoms with Crippen molar-refractivity contribution in [2.24, 2.45) is 7.05 Å². The first-order valence-electron chi connectivity index (χ1n) is 8.59. The highest BCUT2D eigenvalue weighted by atomic mass is 16.5. The molecule has 1 aromatic heterocycles. The van der Waals surface area contributed by atoms with E-state index in [1.54, 1.807) is 0 Å². The molecule has 1 saturated heterocycles. The van der Waals surface area contributed by atoms with Crippen LogP contribution in [0.25, 0.3) is 11.0 Å². The fraction of sp³-hybridized carbons (Fsp3) is 0.611. The number of para-hydroxylation sites is 2. The molecule has 0 spiro atoms. The number of likely N-dealkylation sites (tertiary alicyclic amines) is 1. The van der Waals surface area contributed by atoms with E-state index < -0.39 is 0 Å². The van der Waals surface area contributed by atoms with Gasteiger partial charge in [0.15, 0.2) is 0 Å². The number of benzene rings is 1. The summed E-state index contributed by atoms with van der Waals surface area (Å²) in [5.74, 6) is 1.10. The molecule has 0 amide bonds. The van der Waals surface area contributed by atoms with Gasteiger partial charge in [0.25, 0.3) is 0 Å². The number of rotatable bonds is 6. The van der Waals surface area contributed by atoms with Crippen LogP contribution in [-0.4, -0.2) is 53.8 Å². The standard InChI is InChI=1S/C18H28N4O/c1-14(18-20-16-6-4-5-7-17(16)21(18)2)19-10-13-22-11-8-15(23-3)9-12-22/h4-7,14-15,19H,8-13H2,1-3H3/t14-/m0/s1. The summed E-state index contributed by atoms with van der Waals surface area (Å²) in [5.41, 5.74) is 2.26. The molecular formula is C18H28N4O. The van der Waals surface area contributed by atoms with Crippen LogP contribution in [0.2, 0.25) is 0 Å². The highest BCUT2D eigenvalue weighted by molar-refractivity contribution is 5.75. The minimum atomic E-state index is 0.254. The Kier molecular flexibility index (Phi) is 5.30. The first kappa shape index (κ1) is 16.4. The number of aromatic nitrogens is 2. The van der Waals surface area contributed by atoms with E-state index >= 15 is 0 Å². The lowest BCUT2D eigenvalue weighted by molar-refractivity contribution is 0.0413. The van der Waals surface area contributed by atoms with Gasteiger partial charge in [0, 0.05) is 40.3 Å². The molecular weight excluding hydrogens is 288 g/mol. The van der Waals surface area contributed by atoms with Gasteiger partial charge in [-0.3, -0.25) is 0 Å². The molecule has 1 aromatic carbocycles. The molecule has 1 N–H and O–H groups in total. The summed E-state index contributed by atoms with van der Waals surface area (Å²) in [7, 11) is 3.92. The van der Waals surface area contributed by atoms with E-state index in [4.69, 9.17) is 9.72 Å². The lowest BCUT2D eigenvalue weighted by atomic mass is 10.1. The van der Waals surface area contributed by atoms with Crippen LogP contribution in [-0.2, 0) is 11.8 Å². The van der Waals surface area contributed by atoms with Gasteiger partial charge in [-0.05, 0) is 31.9 Å². The second kappa shape index (κ2) is 7.43. The van der Waals surface area contributed by atoms with Crippen molar-refractivity contribution in [3.63, 3.8) is 0 Å². The fourth-order valence-corrected chi connectivity index (χ4v) is 3.45. The first-order chi connectivity index (χ1) is 11.2. The molecule has 5 nitrogen and oxygen atoms in total. The molecule has 2 aromatic rings. The average Bonchev–Trinajstić information content (AvgIpc) is 2.93. The Morgan fingerprint density at radius 1 is 1.30 bits per heavy atom. The van der Waals surface area contributed by atoms with Gasteiger partial charge >= 0.3 is 0 Å². The topological polar surface area (TPSA) is 42.3 Å². The number of piperidine rings is 1. The number of nitrogens with zero attached hydrogens (tertiary/aromatic N) is 3. The van der Waals surface area contributed by atoms with Crippen molar-refractivity contribution >= 4 is 11.0 Å². The largest absolute Gasteiger partial charge is 0.381 e. The predicted molar refractivity (Wildman–Crippen MR) is 93.6 cm³/mol. The average molecular weight is 316 g/mol. The van der Waals surface area contributed by atoms with Gasteiger partial charge in [0.2, 0.25) is 0 Å². The van der Waals surface area contributed by atoms with Gasteiger partial charge < -0.3 is 19.5 Å². The van der Waals surface area contributed by atoms with E-state index in [9.17, 15) is 0 Å². The van der Waals surface area contributed by atoms with E-state index in [-0.39, 0.29) is 6.04 Å². The van der Waals surface area contributed by atoms with E-state index in [0.29, 0.717) is 6.10 Å². The Bertz CT molecular complexity index is 631. The molecule has 1 atom stereocenters. The molecule has 5 heteroatoms.